The number of aromatic amines is 1. The van der Waals surface area contributed by atoms with Gasteiger partial charge in [0, 0.05) is 12.7 Å². The molecule has 0 saturated heterocycles. The van der Waals surface area contributed by atoms with Crippen molar-refractivity contribution in [1.82, 2.24) is 19.7 Å². The van der Waals surface area contributed by atoms with Crippen molar-refractivity contribution in [2.24, 2.45) is 0 Å². The maximum atomic E-state index is 12.7. The third-order valence-electron chi connectivity index (χ3n) is 4.54. The summed E-state index contributed by atoms with van der Waals surface area (Å²) in [5.41, 5.74) is 3.92. The Balaban J connectivity index is 1.67. The second-order valence-corrected chi connectivity index (χ2v) is 8.32. The number of nitrogens with zero attached hydrogens (tertiary/aromatic N) is 3. The van der Waals surface area contributed by atoms with Crippen LogP contribution in [-0.4, -0.2) is 45.1 Å². The number of likely N-dealkylation sites (N-methyl/N-ethyl adjacent to an activating group) is 1. The number of rotatable bonds is 6. The minimum atomic E-state index is -0.245. The highest BCUT2D eigenvalue weighted by molar-refractivity contribution is 7.71. The molecule has 0 fully saturated rings. The number of anilines is 1. The van der Waals surface area contributed by atoms with Crippen LogP contribution in [0.25, 0.3) is 10.7 Å². The molecule has 152 valence electrons. The standard InChI is InChI=1S/C20H23N5O2S2/c1-12-8-13(2)18(14(3)9-12)21-16(26)10-24(4)17(27)11-25-19(22-23-20(25)28)15-6-5-7-29-15/h5-9H,10-11H2,1-4H3,(H,21,26)(H,23,28). The van der Waals surface area contributed by atoms with Crippen LogP contribution in [0.1, 0.15) is 16.7 Å². The lowest BCUT2D eigenvalue weighted by atomic mass is 10.1. The number of H-pyrrole nitrogens is 1. The zero-order valence-electron chi connectivity index (χ0n) is 16.8. The van der Waals surface area contributed by atoms with Gasteiger partial charge in [-0.25, -0.2) is 0 Å². The molecule has 0 atom stereocenters. The molecular weight excluding hydrogens is 406 g/mol. The van der Waals surface area contributed by atoms with Crippen LogP contribution in [-0.2, 0) is 16.1 Å². The summed E-state index contributed by atoms with van der Waals surface area (Å²) >= 11 is 6.78. The van der Waals surface area contributed by atoms with Crippen molar-refractivity contribution in [1.29, 1.82) is 0 Å². The molecule has 2 heterocycles. The third kappa shape index (κ3) is 4.80. The van der Waals surface area contributed by atoms with E-state index in [1.165, 1.54) is 16.2 Å². The molecule has 3 aromatic rings. The van der Waals surface area contributed by atoms with Gasteiger partial charge in [-0.15, -0.1) is 11.3 Å². The number of aryl methyl sites for hydroxylation is 3. The van der Waals surface area contributed by atoms with E-state index in [2.05, 4.69) is 15.5 Å². The first-order valence-corrected chi connectivity index (χ1v) is 10.4. The fourth-order valence-corrected chi connectivity index (χ4v) is 4.09. The van der Waals surface area contributed by atoms with Crippen LogP contribution >= 0.6 is 23.6 Å². The van der Waals surface area contributed by atoms with Gasteiger partial charge in [0.1, 0.15) is 6.54 Å². The fraction of sp³-hybridized carbons (Fsp3) is 0.300. The molecule has 1 aromatic carbocycles. The molecule has 9 heteroatoms. The third-order valence-corrected chi connectivity index (χ3v) is 5.72. The van der Waals surface area contributed by atoms with Crippen molar-refractivity contribution in [3.05, 3.63) is 51.1 Å². The van der Waals surface area contributed by atoms with Crippen molar-refractivity contribution >= 4 is 41.1 Å². The summed E-state index contributed by atoms with van der Waals surface area (Å²) < 4.78 is 2.01. The summed E-state index contributed by atoms with van der Waals surface area (Å²) in [6.07, 6.45) is 0. The SMILES string of the molecule is Cc1cc(C)c(NC(=O)CN(C)C(=O)Cn2c(-c3cccs3)n[nH]c2=S)c(C)c1. The van der Waals surface area contributed by atoms with Gasteiger partial charge in [0.25, 0.3) is 0 Å². The summed E-state index contributed by atoms with van der Waals surface area (Å²) in [6.45, 7) is 5.89. The van der Waals surface area contributed by atoms with Crippen LogP contribution in [0, 0.1) is 25.5 Å². The molecular formula is C20H23N5O2S2. The van der Waals surface area contributed by atoms with Gasteiger partial charge in [-0.1, -0.05) is 23.8 Å². The first-order chi connectivity index (χ1) is 13.8. The number of nitrogens with one attached hydrogen (secondary N) is 2. The van der Waals surface area contributed by atoms with E-state index in [4.69, 9.17) is 12.2 Å². The fourth-order valence-electron chi connectivity index (χ4n) is 3.17. The van der Waals surface area contributed by atoms with E-state index in [0.717, 1.165) is 27.3 Å². The quantitative estimate of drug-likeness (QED) is 0.586. The van der Waals surface area contributed by atoms with E-state index in [1.807, 2.05) is 50.4 Å². The number of carbonyl (C=O) groups is 2. The van der Waals surface area contributed by atoms with Crippen LogP contribution in [0.4, 0.5) is 5.69 Å². The van der Waals surface area contributed by atoms with Crippen molar-refractivity contribution in [3.8, 4) is 10.7 Å². The number of hydrogen-bond donors (Lipinski definition) is 2. The molecule has 2 N–H and O–H groups in total. The zero-order valence-corrected chi connectivity index (χ0v) is 18.4. The van der Waals surface area contributed by atoms with Gasteiger partial charge >= 0.3 is 0 Å². The maximum Gasteiger partial charge on any atom is 0.243 e. The second-order valence-electron chi connectivity index (χ2n) is 6.99. The highest BCUT2D eigenvalue weighted by atomic mass is 32.1. The molecule has 0 aliphatic heterocycles. The molecule has 3 rings (SSSR count). The zero-order chi connectivity index (χ0) is 21.1. The lowest BCUT2D eigenvalue weighted by Gasteiger charge is -2.19. The van der Waals surface area contributed by atoms with E-state index in [-0.39, 0.29) is 24.9 Å². The summed E-state index contributed by atoms with van der Waals surface area (Å²) in [4.78, 5) is 27.5. The molecule has 0 aliphatic rings. The number of carbonyl (C=O) groups excluding carboxylic acids is 2. The van der Waals surface area contributed by atoms with E-state index < -0.39 is 0 Å². The first-order valence-electron chi connectivity index (χ1n) is 9.07. The monoisotopic (exact) mass is 429 g/mol. The van der Waals surface area contributed by atoms with Crippen LogP contribution in [0.15, 0.2) is 29.6 Å². The minimum absolute atomic E-state index is 0.00886. The molecule has 0 unspecified atom stereocenters. The van der Waals surface area contributed by atoms with Crippen LogP contribution in [0.3, 0.4) is 0 Å². The molecule has 2 aromatic heterocycles. The molecule has 29 heavy (non-hydrogen) atoms. The van der Waals surface area contributed by atoms with Gasteiger partial charge in [-0.05, 0) is 55.6 Å². The smallest absolute Gasteiger partial charge is 0.243 e. The lowest BCUT2D eigenvalue weighted by Crippen LogP contribution is -2.37. The summed E-state index contributed by atoms with van der Waals surface area (Å²) in [5.74, 6) is 0.139. The van der Waals surface area contributed by atoms with E-state index >= 15 is 0 Å². The molecule has 0 bridgehead atoms. The van der Waals surface area contributed by atoms with Crippen molar-refractivity contribution in [3.63, 3.8) is 0 Å². The predicted octanol–water partition coefficient (Wildman–Crippen LogP) is 3.69. The Morgan fingerprint density at radius 3 is 2.59 bits per heavy atom. The summed E-state index contributed by atoms with van der Waals surface area (Å²) in [7, 11) is 1.60. The van der Waals surface area contributed by atoms with E-state index in [1.54, 1.807) is 11.6 Å². The number of amides is 2. The number of aromatic nitrogens is 3. The topological polar surface area (TPSA) is 83.0 Å². The number of benzene rings is 1. The Labute approximate surface area is 178 Å². The second kappa shape index (κ2) is 8.71. The van der Waals surface area contributed by atoms with Gasteiger partial charge in [0.05, 0.1) is 11.4 Å². The van der Waals surface area contributed by atoms with Crippen LogP contribution < -0.4 is 5.32 Å². The summed E-state index contributed by atoms with van der Waals surface area (Å²) in [6, 6.07) is 7.86. The Kier molecular flexibility index (Phi) is 6.29. The predicted molar refractivity (Wildman–Crippen MR) is 118 cm³/mol. The Morgan fingerprint density at radius 2 is 1.97 bits per heavy atom. The molecule has 0 spiro atoms. The van der Waals surface area contributed by atoms with Gasteiger partial charge in [-0.3, -0.25) is 19.3 Å². The lowest BCUT2D eigenvalue weighted by molar-refractivity contribution is -0.133. The minimum Gasteiger partial charge on any atom is -0.335 e. The van der Waals surface area contributed by atoms with Crippen LogP contribution in [0.2, 0.25) is 0 Å². The molecule has 7 nitrogen and oxygen atoms in total. The Morgan fingerprint density at radius 1 is 1.28 bits per heavy atom. The van der Waals surface area contributed by atoms with E-state index in [9.17, 15) is 9.59 Å². The van der Waals surface area contributed by atoms with Gasteiger partial charge in [0.2, 0.25) is 11.8 Å². The number of hydrogen-bond acceptors (Lipinski definition) is 5. The molecule has 0 saturated carbocycles. The normalized spacial score (nSPS) is 10.8. The van der Waals surface area contributed by atoms with Crippen LogP contribution in [0.5, 0.6) is 0 Å². The molecule has 0 radical (unpaired) electrons. The van der Waals surface area contributed by atoms with E-state index in [0.29, 0.717) is 10.6 Å². The molecule has 2 amide bonds. The average Bonchev–Trinajstić information content (AvgIpc) is 3.28. The summed E-state index contributed by atoms with van der Waals surface area (Å²) in [5, 5.41) is 11.8. The average molecular weight is 430 g/mol. The highest BCUT2D eigenvalue weighted by Gasteiger charge is 2.18. The number of thiophene rings is 1. The van der Waals surface area contributed by atoms with Crippen molar-refractivity contribution in [2.45, 2.75) is 27.3 Å². The van der Waals surface area contributed by atoms with Crippen molar-refractivity contribution < 1.29 is 9.59 Å². The van der Waals surface area contributed by atoms with Crippen molar-refractivity contribution in [2.75, 3.05) is 18.9 Å². The Hall–Kier alpha value is -2.78. The van der Waals surface area contributed by atoms with Gasteiger partial charge in [-0.2, -0.15) is 5.10 Å². The Bertz CT molecular complexity index is 1080. The molecule has 0 aliphatic carbocycles. The first kappa shape index (κ1) is 20.9. The van der Waals surface area contributed by atoms with Gasteiger partial charge < -0.3 is 10.2 Å². The largest absolute Gasteiger partial charge is 0.335 e. The highest BCUT2D eigenvalue weighted by Crippen LogP contribution is 2.23. The van der Waals surface area contributed by atoms with Gasteiger partial charge in [0.15, 0.2) is 10.6 Å². The maximum absolute atomic E-state index is 12.7.